The van der Waals surface area contributed by atoms with Crippen molar-refractivity contribution < 1.29 is 0 Å². The van der Waals surface area contributed by atoms with Crippen molar-refractivity contribution in [2.75, 3.05) is 20.1 Å². The number of nitrogens with one attached hydrogen (secondary N) is 2. The van der Waals surface area contributed by atoms with E-state index in [-0.39, 0.29) is 5.41 Å². The van der Waals surface area contributed by atoms with Crippen molar-refractivity contribution in [3.8, 4) is 0 Å². The topological polar surface area (TPSA) is 54.2 Å². The van der Waals surface area contributed by atoms with Crippen LogP contribution >= 0.6 is 11.3 Å². The van der Waals surface area contributed by atoms with E-state index in [4.69, 9.17) is 0 Å². The van der Waals surface area contributed by atoms with Gasteiger partial charge in [0.2, 0.25) is 0 Å². The summed E-state index contributed by atoms with van der Waals surface area (Å²) in [7, 11) is 1.82. The van der Waals surface area contributed by atoms with Gasteiger partial charge < -0.3 is 15.2 Å². The van der Waals surface area contributed by atoms with Crippen LogP contribution in [0.25, 0.3) is 0 Å². The highest BCUT2D eigenvalue weighted by Crippen LogP contribution is 2.26. The molecule has 132 valence electrons. The Morgan fingerprint density at radius 2 is 2.17 bits per heavy atom. The highest BCUT2D eigenvalue weighted by atomic mass is 32.1. The van der Waals surface area contributed by atoms with Crippen molar-refractivity contribution in [1.29, 1.82) is 0 Å². The fourth-order valence-electron chi connectivity index (χ4n) is 2.53. The average molecular weight is 348 g/mol. The Kier molecular flexibility index (Phi) is 6.85. The SMILES string of the molecule is CN=C(NCCCCn1ccnc1C)NCC(C)(C)c1cccs1. The van der Waals surface area contributed by atoms with E-state index in [0.717, 1.165) is 44.3 Å². The Bertz CT molecular complexity index is 628. The second kappa shape index (κ2) is 8.87. The maximum absolute atomic E-state index is 4.32. The first-order valence-corrected chi connectivity index (χ1v) is 9.37. The van der Waals surface area contributed by atoms with Gasteiger partial charge in [-0.2, -0.15) is 0 Å². The minimum absolute atomic E-state index is 0.102. The summed E-state index contributed by atoms with van der Waals surface area (Å²) in [6, 6.07) is 4.30. The summed E-state index contributed by atoms with van der Waals surface area (Å²) < 4.78 is 2.19. The van der Waals surface area contributed by atoms with Crippen molar-refractivity contribution in [3.05, 3.63) is 40.6 Å². The number of unbranched alkanes of at least 4 members (excludes halogenated alkanes) is 1. The van der Waals surface area contributed by atoms with Gasteiger partial charge in [0, 0.05) is 49.4 Å². The minimum atomic E-state index is 0.102. The summed E-state index contributed by atoms with van der Waals surface area (Å²) in [5.41, 5.74) is 0.102. The monoisotopic (exact) mass is 347 g/mol. The van der Waals surface area contributed by atoms with Gasteiger partial charge in [0.1, 0.15) is 5.82 Å². The van der Waals surface area contributed by atoms with Crippen LogP contribution in [0, 0.1) is 6.92 Å². The smallest absolute Gasteiger partial charge is 0.191 e. The largest absolute Gasteiger partial charge is 0.356 e. The molecule has 0 fully saturated rings. The molecule has 0 aliphatic carbocycles. The molecule has 2 heterocycles. The fraction of sp³-hybridized carbons (Fsp3) is 0.556. The zero-order chi connectivity index (χ0) is 17.4. The summed E-state index contributed by atoms with van der Waals surface area (Å²) in [6.07, 6.45) is 6.12. The third-order valence-electron chi connectivity index (χ3n) is 4.15. The molecule has 5 nitrogen and oxygen atoms in total. The van der Waals surface area contributed by atoms with Gasteiger partial charge in [-0.05, 0) is 31.2 Å². The van der Waals surface area contributed by atoms with Gasteiger partial charge in [0.05, 0.1) is 0 Å². The van der Waals surface area contributed by atoms with Crippen LogP contribution in [0.2, 0.25) is 0 Å². The Morgan fingerprint density at radius 3 is 2.79 bits per heavy atom. The van der Waals surface area contributed by atoms with E-state index >= 15 is 0 Å². The number of rotatable bonds is 8. The molecule has 0 bridgehead atoms. The van der Waals surface area contributed by atoms with Gasteiger partial charge in [-0.15, -0.1) is 11.3 Å². The fourth-order valence-corrected chi connectivity index (χ4v) is 3.38. The number of thiophene rings is 1. The summed E-state index contributed by atoms with van der Waals surface area (Å²) in [6.45, 7) is 9.36. The molecule has 0 saturated heterocycles. The number of aliphatic imine (C=N–C) groups is 1. The van der Waals surface area contributed by atoms with Crippen molar-refractivity contribution in [3.63, 3.8) is 0 Å². The first-order chi connectivity index (χ1) is 11.5. The van der Waals surface area contributed by atoms with E-state index in [0.29, 0.717) is 0 Å². The van der Waals surface area contributed by atoms with Crippen LogP contribution < -0.4 is 10.6 Å². The van der Waals surface area contributed by atoms with Crippen LogP contribution in [-0.4, -0.2) is 35.6 Å². The van der Waals surface area contributed by atoms with Crippen molar-refractivity contribution in [1.82, 2.24) is 20.2 Å². The van der Waals surface area contributed by atoms with E-state index in [1.54, 1.807) is 11.3 Å². The van der Waals surface area contributed by atoms with E-state index in [9.17, 15) is 0 Å². The summed E-state index contributed by atoms with van der Waals surface area (Å²) in [5.74, 6) is 1.95. The number of aryl methyl sites for hydroxylation is 2. The molecule has 2 N–H and O–H groups in total. The molecule has 2 rings (SSSR count). The third-order valence-corrected chi connectivity index (χ3v) is 5.39. The zero-order valence-electron chi connectivity index (χ0n) is 15.2. The first-order valence-electron chi connectivity index (χ1n) is 8.49. The number of imidazole rings is 1. The van der Waals surface area contributed by atoms with Crippen LogP contribution in [-0.2, 0) is 12.0 Å². The van der Waals surface area contributed by atoms with Crippen LogP contribution in [0.15, 0.2) is 34.9 Å². The molecule has 0 aromatic carbocycles. The van der Waals surface area contributed by atoms with Gasteiger partial charge in [0.15, 0.2) is 5.96 Å². The zero-order valence-corrected chi connectivity index (χ0v) is 16.0. The molecule has 0 aliphatic heterocycles. The van der Waals surface area contributed by atoms with Crippen LogP contribution in [0.4, 0.5) is 0 Å². The van der Waals surface area contributed by atoms with Crippen LogP contribution in [0.1, 0.15) is 37.4 Å². The summed E-state index contributed by atoms with van der Waals surface area (Å²) in [4.78, 5) is 9.95. The lowest BCUT2D eigenvalue weighted by Crippen LogP contribution is -2.43. The molecule has 0 spiro atoms. The Morgan fingerprint density at radius 1 is 1.33 bits per heavy atom. The van der Waals surface area contributed by atoms with Gasteiger partial charge >= 0.3 is 0 Å². The van der Waals surface area contributed by atoms with Gasteiger partial charge in [-0.1, -0.05) is 19.9 Å². The normalized spacial score (nSPS) is 12.4. The maximum Gasteiger partial charge on any atom is 0.191 e. The standard InChI is InChI=1S/C18H29N5S/c1-15-20-10-12-23(15)11-6-5-9-21-17(19-4)22-14-18(2,3)16-8-7-13-24-16/h7-8,10,12-13H,5-6,9,11,14H2,1-4H3,(H2,19,21,22). The molecule has 0 atom stereocenters. The highest BCUT2D eigenvalue weighted by molar-refractivity contribution is 7.10. The lowest BCUT2D eigenvalue weighted by Gasteiger charge is -2.25. The average Bonchev–Trinajstić information content (AvgIpc) is 3.22. The maximum atomic E-state index is 4.32. The number of hydrogen-bond donors (Lipinski definition) is 2. The lowest BCUT2D eigenvalue weighted by atomic mass is 9.91. The van der Waals surface area contributed by atoms with Crippen molar-refractivity contribution in [2.45, 2.75) is 45.6 Å². The highest BCUT2D eigenvalue weighted by Gasteiger charge is 2.21. The molecule has 0 saturated carbocycles. The molecule has 6 heteroatoms. The van der Waals surface area contributed by atoms with Gasteiger partial charge in [-0.25, -0.2) is 4.98 Å². The molecule has 2 aromatic rings. The molecular formula is C18H29N5S. The number of guanidine groups is 1. The van der Waals surface area contributed by atoms with E-state index in [1.807, 2.05) is 26.4 Å². The molecule has 0 aliphatic rings. The molecule has 2 aromatic heterocycles. The first kappa shape index (κ1) is 18.5. The van der Waals surface area contributed by atoms with Gasteiger partial charge in [0.25, 0.3) is 0 Å². The number of hydrogen-bond acceptors (Lipinski definition) is 3. The predicted octanol–water partition coefficient (Wildman–Crippen LogP) is 3.18. The minimum Gasteiger partial charge on any atom is -0.356 e. The summed E-state index contributed by atoms with van der Waals surface area (Å²) >= 11 is 1.81. The predicted molar refractivity (Wildman–Crippen MR) is 103 cm³/mol. The number of aromatic nitrogens is 2. The molecule has 24 heavy (non-hydrogen) atoms. The third kappa shape index (κ3) is 5.37. The van der Waals surface area contributed by atoms with E-state index < -0.39 is 0 Å². The van der Waals surface area contributed by atoms with Crippen LogP contribution in [0.3, 0.4) is 0 Å². The van der Waals surface area contributed by atoms with E-state index in [2.05, 4.69) is 56.5 Å². The Hall–Kier alpha value is -1.82. The molecule has 0 amide bonds. The van der Waals surface area contributed by atoms with Crippen LogP contribution in [0.5, 0.6) is 0 Å². The van der Waals surface area contributed by atoms with E-state index in [1.165, 1.54) is 4.88 Å². The Balaban J connectivity index is 1.66. The quantitative estimate of drug-likeness (QED) is 0.438. The molecule has 0 radical (unpaired) electrons. The van der Waals surface area contributed by atoms with Gasteiger partial charge in [-0.3, -0.25) is 4.99 Å². The number of nitrogens with zero attached hydrogens (tertiary/aromatic N) is 3. The lowest BCUT2D eigenvalue weighted by molar-refractivity contribution is 0.517. The second-order valence-electron chi connectivity index (χ2n) is 6.59. The Labute approximate surface area is 149 Å². The van der Waals surface area contributed by atoms with Crippen molar-refractivity contribution in [2.24, 2.45) is 4.99 Å². The molecule has 0 unspecified atom stereocenters. The van der Waals surface area contributed by atoms with Crippen molar-refractivity contribution >= 4 is 17.3 Å². The summed E-state index contributed by atoms with van der Waals surface area (Å²) in [5, 5.41) is 8.97. The second-order valence-corrected chi connectivity index (χ2v) is 7.54. The molecular weight excluding hydrogens is 318 g/mol.